The number of methoxy groups -OCH3 is 1. The van der Waals surface area contributed by atoms with Crippen molar-refractivity contribution in [1.82, 2.24) is 14.8 Å². The highest BCUT2D eigenvalue weighted by molar-refractivity contribution is 6.30. The van der Waals surface area contributed by atoms with Gasteiger partial charge in [0.25, 0.3) is 11.9 Å². The zero-order valence-corrected chi connectivity index (χ0v) is 17.9. The van der Waals surface area contributed by atoms with E-state index < -0.39 is 5.91 Å². The molecule has 5 rings (SSSR count). The molecular formula is C23H20ClN5O3. The fraction of sp³-hybridized carbons (Fsp3) is 0.174. The summed E-state index contributed by atoms with van der Waals surface area (Å²) in [6.45, 7) is 0. The van der Waals surface area contributed by atoms with Crippen LogP contribution in [-0.2, 0) is 0 Å². The average molecular weight is 450 g/mol. The van der Waals surface area contributed by atoms with Gasteiger partial charge >= 0.3 is 0 Å². The zero-order chi connectivity index (χ0) is 22.1. The second-order valence-electron chi connectivity index (χ2n) is 7.41. The molecule has 2 aromatic carbocycles. The van der Waals surface area contributed by atoms with Gasteiger partial charge in [0.2, 0.25) is 5.95 Å². The Morgan fingerprint density at radius 1 is 1.16 bits per heavy atom. The quantitative estimate of drug-likeness (QED) is 0.448. The highest BCUT2D eigenvalue weighted by Gasteiger charge is 2.31. The smallest absolute Gasteiger partial charge is 0.293 e. The van der Waals surface area contributed by atoms with Crippen molar-refractivity contribution in [3.8, 4) is 5.75 Å². The van der Waals surface area contributed by atoms with Crippen LogP contribution in [-0.4, -0.2) is 27.8 Å². The summed E-state index contributed by atoms with van der Waals surface area (Å²) in [7, 11) is 1.64. The van der Waals surface area contributed by atoms with Crippen molar-refractivity contribution in [3.63, 3.8) is 0 Å². The van der Waals surface area contributed by atoms with Crippen molar-refractivity contribution >= 4 is 29.4 Å². The molecule has 9 heteroatoms. The first-order chi connectivity index (χ1) is 15.6. The number of halogens is 1. The number of carbonyl (C=O) groups excluding carboxylic acids is 1. The van der Waals surface area contributed by atoms with Gasteiger partial charge in [-0.05, 0) is 53.9 Å². The number of benzene rings is 2. The third kappa shape index (κ3) is 3.92. The van der Waals surface area contributed by atoms with Gasteiger partial charge in [-0.25, -0.2) is 4.68 Å². The van der Waals surface area contributed by atoms with E-state index in [0.717, 1.165) is 23.3 Å². The molecule has 162 valence electrons. The second-order valence-corrected chi connectivity index (χ2v) is 7.84. The molecule has 0 saturated carbocycles. The van der Waals surface area contributed by atoms with Crippen molar-refractivity contribution in [3.05, 3.63) is 88.8 Å². The van der Waals surface area contributed by atoms with E-state index in [9.17, 15) is 4.79 Å². The summed E-state index contributed by atoms with van der Waals surface area (Å²) in [6, 6.07) is 18.7. The number of amides is 1. The number of ether oxygens (including phenoxy) is 1. The molecule has 0 saturated heterocycles. The van der Waals surface area contributed by atoms with Crippen LogP contribution >= 0.6 is 11.6 Å². The Bertz CT molecular complexity index is 1220. The fourth-order valence-corrected chi connectivity index (χ4v) is 3.94. The lowest BCUT2D eigenvalue weighted by molar-refractivity contribution is 0.0995. The third-order valence-corrected chi connectivity index (χ3v) is 5.68. The maximum Gasteiger partial charge on any atom is 0.293 e. The van der Waals surface area contributed by atoms with E-state index in [4.69, 9.17) is 20.8 Å². The molecule has 0 fully saturated rings. The highest BCUT2D eigenvalue weighted by Crippen LogP contribution is 2.38. The topological polar surface area (TPSA) is 94.2 Å². The van der Waals surface area contributed by atoms with Crippen LogP contribution in [0.1, 0.15) is 40.2 Å². The molecule has 8 nitrogen and oxygen atoms in total. The Morgan fingerprint density at radius 3 is 2.59 bits per heavy atom. The van der Waals surface area contributed by atoms with Gasteiger partial charge in [-0.15, -0.1) is 5.10 Å². The fourth-order valence-electron chi connectivity index (χ4n) is 3.82. The molecule has 0 radical (unpaired) electrons. The van der Waals surface area contributed by atoms with Crippen molar-refractivity contribution in [2.24, 2.45) is 0 Å². The molecule has 1 amide bonds. The van der Waals surface area contributed by atoms with Gasteiger partial charge in [0.1, 0.15) is 5.75 Å². The molecule has 0 unspecified atom stereocenters. The average Bonchev–Trinajstić information content (AvgIpc) is 3.49. The molecule has 2 aromatic heterocycles. The summed E-state index contributed by atoms with van der Waals surface area (Å²) in [5.41, 5.74) is 2.14. The first kappa shape index (κ1) is 20.1. The van der Waals surface area contributed by atoms with Crippen LogP contribution in [0.3, 0.4) is 0 Å². The number of hydrogen-bond acceptors (Lipinski definition) is 6. The van der Waals surface area contributed by atoms with Crippen LogP contribution in [0.15, 0.2) is 71.3 Å². The summed E-state index contributed by atoms with van der Waals surface area (Å²) in [5, 5.41) is 11.4. The summed E-state index contributed by atoms with van der Waals surface area (Å²) >= 11 is 6.07. The summed E-state index contributed by atoms with van der Waals surface area (Å²) < 4.78 is 12.2. The van der Waals surface area contributed by atoms with E-state index >= 15 is 0 Å². The van der Waals surface area contributed by atoms with Gasteiger partial charge in [-0.2, -0.15) is 4.98 Å². The van der Waals surface area contributed by atoms with E-state index in [1.54, 1.807) is 23.9 Å². The van der Waals surface area contributed by atoms with Crippen molar-refractivity contribution in [2.75, 3.05) is 17.7 Å². The van der Waals surface area contributed by atoms with Gasteiger partial charge in [0.15, 0.2) is 5.76 Å². The largest absolute Gasteiger partial charge is 0.497 e. The Labute approximate surface area is 189 Å². The lowest BCUT2D eigenvalue weighted by Crippen LogP contribution is -2.28. The van der Waals surface area contributed by atoms with Crippen LogP contribution in [0.5, 0.6) is 5.75 Å². The molecule has 1 aliphatic heterocycles. The van der Waals surface area contributed by atoms with E-state index in [1.165, 1.54) is 6.26 Å². The lowest BCUT2D eigenvalue weighted by atomic mass is 9.93. The molecule has 3 heterocycles. The maximum atomic E-state index is 12.4. The number of fused-ring (bicyclic) bond motifs is 1. The zero-order valence-electron chi connectivity index (χ0n) is 17.2. The SMILES string of the molecule is COc1ccc([C@H]2C[C@@H](c3ccc(Cl)cc3)Nc3nc(NC(=O)c4ccco4)nn32)cc1. The lowest BCUT2D eigenvalue weighted by Gasteiger charge is -2.31. The molecule has 2 atom stereocenters. The van der Waals surface area contributed by atoms with Crippen molar-refractivity contribution in [1.29, 1.82) is 0 Å². The minimum absolute atomic E-state index is 0.00954. The number of carbonyl (C=O) groups is 1. The monoisotopic (exact) mass is 449 g/mol. The normalized spacial score (nSPS) is 17.3. The van der Waals surface area contributed by atoms with Gasteiger partial charge in [-0.1, -0.05) is 35.9 Å². The predicted octanol–water partition coefficient (Wildman–Crippen LogP) is 4.93. The number of rotatable bonds is 5. The van der Waals surface area contributed by atoms with Crippen LogP contribution in [0.2, 0.25) is 5.02 Å². The molecule has 0 spiro atoms. The minimum Gasteiger partial charge on any atom is -0.497 e. The number of anilines is 2. The first-order valence-corrected chi connectivity index (χ1v) is 10.5. The third-order valence-electron chi connectivity index (χ3n) is 5.43. The van der Waals surface area contributed by atoms with Crippen LogP contribution in [0.4, 0.5) is 11.9 Å². The van der Waals surface area contributed by atoms with Gasteiger partial charge in [0, 0.05) is 5.02 Å². The summed E-state index contributed by atoms with van der Waals surface area (Å²) in [6.07, 6.45) is 2.18. The van der Waals surface area contributed by atoms with E-state index in [-0.39, 0.29) is 23.8 Å². The van der Waals surface area contributed by atoms with Crippen LogP contribution < -0.4 is 15.4 Å². The molecule has 32 heavy (non-hydrogen) atoms. The predicted molar refractivity (Wildman–Crippen MR) is 120 cm³/mol. The Hall–Kier alpha value is -3.78. The van der Waals surface area contributed by atoms with Gasteiger partial charge in [0.05, 0.1) is 25.5 Å². The van der Waals surface area contributed by atoms with Gasteiger partial charge in [-0.3, -0.25) is 10.1 Å². The summed E-state index contributed by atoms with van der Waals surface area (Å²) in [5.74, 6) is 1.32. The Kier molecular flexibility index (Phi) is 5.28. The second kappa shape index (κ2) is 8.39. The molecule has 0 bridgehead atoms. The Balaban J connectivity index is 1.49. The van der Waals surface area contributed by atoms with Crippen molar-refractivity contribution in [2.45, 2.75) is 18.5 Å². The number of nitrogens with one attached hydrogen (secondary N) is 2. The number of nitrogens with zero attached hydrogens (tertiary/aromatic N) is 3. The van der Waals surface area contributed by atoms with Crippen LogP contribution in [0, 0.1) is 0 Å². The molecule has 0 aliphatic carbocycles. The van der Waals surface area contributed by atoms with Crippen LogP contribution in [0.25, 0.3) is 0 Å². The molecule has 2 N–H and O–H groups in total. The molecule has 4 aromatic rings. The van der Waals surface area contributed by atoms with E-state index in [2.05, 4.69) is 20.7 Å². The Morgan fingerprint density at radius 2 is 1.91 bits per heavy atom. The molecular weight excluding hydrogens is 430 g/mol. The summed E-state index contributed by atoms with van der Waals surface area (Å²) in [4.78, 5) is 16.9. The standard InChI is InChI=1S/C23H20ClN5O3/c1-31-17-10-6-15(7-11-17)19-13-18(14-4-8-16(24)9-5-14)25-23-27-22(28-29(19)23)26-21(30)20-3-2-12-32-20/h2-12,18-19H,13H2,1H3,(H2,25,26,27,28,30)/t18-,19+/m0/s1. The van der Waals surface area contributed by atoms with E-state index in [0.29, 0.717) is 11.0 Å². The maximum absolute atomic E-state index is 12.4. The first-order valence-electron chi connectivity index (χ1n) is 10.1. The van der Waals surface area contributed by atoms with E-state index in [1.807, 2.05) is 48.5 Å². The highest BCUT2D eigenvalue weighted by atomic mass is 35.5. The number of aromatic nitrogens is 3. The molecule has 1 aliphatic rings. The van der Waals surface area contributed by atoms with Gasteiger partial charge < -0.3 is 14.5 Å². The van der Waals surface area contributed by atoms with Crippen molar-refractivity contribution < 1.29 is 13.9 Å². The number of hydrogen-bond donors (Lipinski definition) is 2. The minimum atomic E-state index is -0.409. The number of furan rings is 1.